The third kappa shape index (κ3) is 5.93. The lowest BCUT2D eigenvalue weighted by atomic mass is 10.2. The zero-order chi connectivity index (χ0) is 16.8. The topological polar surface area (TPSA) is 113 Å². The van der Waals surface area contributed by atoms with Crippen LogP contribution in [0.2, 0.25) is 0 Å². The zero-order valence-electron chi connectivity index (χ0n) is 12.2. The van der Waals surface area contributed by atoms with E-state index in [9.17, 15) is 18.0 Å². The van der Waals surface area contributed by atoms with Gasteiger partial charge in [-0.15, -0.1) is 0 Å². The zero-order valence-corrected chi connectivity index (χ0v) is 13.0. The predicted octanol–water partition coefficient (Wildman–Crippen LogP) is 1.13. The largest absolute Gasteiger partial charge is 0.459 e. The van der Waals surface area contributed by atoms with Gasteiger partial charge >= 0.3 is 5.97 Å². The summed E-state index contributed by atoms with van der Waals surface area (Å²) < 4.78 is 27.7. The van der Waals surface area contributed by atoms with Gasteiger partial charge in [-0.25, -0.2) is 13.2 Å². The summed E-state index contributed by atoms with van der Waals surface area (Å²) in [4.78, 5) is 23.2. The maximum absolute atomic E-state index is 11.6. The van der Waals surface area contributed by atoms with Gasteiger partial charge in [-0.05, 0) is 38.1 Å². The Morgan fingerprint density at radius 2 is 1.86 bits per heavy atom. The van der Waals surface area contributed by atoms with E-state index >= 15 is 0 Å². The standard InChI is InChI=1S/C14H16N2O5S/c1-10(2)21-14(18)11-3-5-12(6-4-11)16-13(17)9-22(19,20)8-7-15/h3-6,10H,8-9H2,1-2H3,(H,16,17). The van der Waals surface area contributed by atoms with E-state index in [2.05, 4.69) is 5.32 Å². The molecule has 1 amide bonds. The number of ether oxygens (including phenoxy) is 1. The molecule has 0 aliphatic carbocycles. The van der Waals surface area contributed by atoms with Crippen molar-refractivity contribution in [3.63, 3.8) is 0 Å². The van der Waals surface area contributed by atoms with Gasteiger partial charge in [0, 0.05) is 5.69 Å². The van der Waals surface area contributed by atoms with Crippen LogP contribution in [-0.4, -0.2) is 37.9 Å². The molecular formula is C14H16N2O5S. The lowest BCUT2D eigenvalue weighted by Crippen LogP contribution is -2.24. The molecule has 0 bridgehead atoms. The Balaban J connectivity index is 2.67. The Morgan fingerprint density at radius 3 is 2.36 bits per heavy atom. The van der Waals surface area contributed by atoms with Crippen molar-refractivity contribution in [2.24, 2.45) is 0 Å². The number of esters is 1. The summed E-state index contributed by atoms with van der Waals surface area (Å²) in [7, 11) is -3.73. The van der Waals surface area contributed by atoms with Crippen LogP contribution in [0.1, 0.15) is 24.2 Å². The molecule has 7 nitrogen and oxygen atoms in total. The quantitative estimate of drug-likeness (QED) is 0.785. The Kier molecular flexibility index (Phi) is 6.07. The van der Waals surface area contributed by atoms with Gasteiger partial charge in [0.05, 0.1) is 17.7 Å². The van der Waals surface area contributed by atoms with Crippen molar-refractivity contribution in [3.8, 4) is 6.07 Å². The predicted molar refractivity (Wildman–Crippen MR) is 79.9 cm³/mol. The highest BCUT2D eigenvalue weighted by Crippen LogP contribution is 2.11. The Bertz CT molecular complexity index is 687. The molecule has 0 heterocycles. The number of nitrogens with zero attached hydrogens (tertiary/aromatic N) is 1. The van der Waals surface area contributed by atoms with Crippen LogP contribution in [0.4, 0.5) is 5.69 Å². The summed E-state index contributed by atoms with van der Waals surface area (Å²) in [5.41, 5.74) is 0.669. The number of anilines is 1. The van der Waals surface area contributed by atoms with Gasteiger partial charge in [0.15, 0.2) is 9.84 Å². The van der Waals surface area contributed by atoms with E-state index in [1.807, 2.05) is 0 Å². The minimum Gasteiger partial charge on any atom is -0.459 e. The maximum Gasteiger partial charge on any atom is 0.338 e. The number of nitriles is 1. The third-order valence-electron chi connectivity index (χ3n) is 2.38. The molecule has 22 heavy (non-hydrogen) atoms. The minimum absolute atomic E-state index is 0.239. The van der Waals surface area contributed by atoms with Crippen molar-refractivity contribution in [2.45, 2.75) is 20.0 Å². The molecule has 0 unspecified atom stereocenters. The van der Waals surface area contributed by atoms with Crippen LogP contribution in [0.3, 0.4) is 0 Å². The third-order valence-corrected chi connectivity index (χ3v) is 3.65. The summed E-state index contributed by atoms with van der Waals surface area (Å²) >= 11 is 0. The smallest absolute Gasteiger partial charge is 0.338 e. The average Bonchev–Trinajstić information content (AvgIpc) is 2.37. The highest BCUT2D eigenvalue weighted by Gasteiger charge is 2.16. The first-order chi connectivity index (χ1) is 10.2. The lowest BCUT2D eigenvalue weighted by molar-refractivity contribution is -0.113. The van der Waals surface area contributed by atoms with Gasteiger partial charge in [0.25, 0.3) is 0 Å². The first kappa shape index (κ1) is 17.7. The van der Waals surface area contributed by atoms with Gasteiger partial charge in [0.2, 0.25) is 5.91 Å². The van der Waals surface area contributed by atoms with E-state index in [1.54, 1.807) is 13.8 Å². The van der Waals surface area contributed by atoms with Crippen LogP contribution in [0.15, 0.2) is 24.3 Å². The van der Waals surface area contributed by atoms with E-state index in [0.29, 0.717) is 11.3 Å². The van der Waals surface area contributed by atoms with E-state index in [0.717, 1.165) is 0 Å². The molecule has 0 aromatic heterocycles. The Morgan fingerprint density at radius 1 is 1.27 bits per heavy atom. The number of carbonyl (C=O) groups excluding carboxylic acids is 2. The summed E-state index contributed by atoms with van der Waals surface area (Å²) in [5, 5.41) is 10.7. The monoisotopic (exact) mass is 324 g/mol. The second-order valence-electron chi connectivity index (χ2n) is 4.77. The average molecular weight is 324 g/mol. The highest BCUT2D eigenvalue weighted by molar-refractivity contribution is 7.92. The van der Waals surface area contributed by atoms with Crippen LogP contribution in [0.25, 0.3) is 0 Å². The highest BCUT2D eigenvalue weighted by atomic mass is 32.2. The van der Waals surface area contributed by atoms with E-state index in [1.165, 1.54) is 30.3 Å². The molecular weight excluding hydrogens is 308 g/mol. The number of rotatable bonds is 6. The molecule has 0 spiro atoms. The molecule has 1 aromatic carbocycles. The molecule has 118 valence electrons. The fourth-order valence-corrected chi connectivity index (χ4v) is 2.29. The van der Waals surface area contributed by atoms with Crippen molar-refractivity contribution in [3.05, 3.63) is 29.8 Å². The first-order valence-electron chi connectivity index (χ1n) is 6.42. The normalized spacial score (nSPS) is 10.8. The second-order valence-corrected chi connectivity index (χ2v) is 6.83. The molecule has 1 aromatic rings. The number of benzene rings is 1. The van der Waals surface area contributed by atoms with Crippen LogP contribution in [-0.2, 0) is 19.4 Å². The summed E-state index contributed by atoms with van der Waals surface area (Å²) in [6, 6.07) is 7.35. The fraction of sp³-hybridized carbons (Fsp3) is 0.357. The molecule has 8 heteroatoms. The van der Waals surface area contributed by atoms with Crippen LogP contribution >= 0.6 is 0 Å². The Labute approximate surface area is 128 Å². The summed E-state index contributed by atoms with van der Waals surface area (Å²) in [6.45, 7) is 3.46. The second kappa shape index (κ2) is 7.56. The van der Waals surface area contributed by atoms with Crippen molar-refractivity contribution < 1.29 is 22.7 Å². The molecule has 0 atom stereocenters. The van der Waals surface area contributed by atoms with Gasteiger partial charge in [0.1, 0.15) is 11.5 Å². The fourth-order valence-electron chi connectivity index (χ4n) is 1.52. The maximum atomic E-state index is 11.6. The number of carbonyl (C=O) groups is 2. The van der Waals surface area contributed by atoms with E-state index < -0.39 is 33.2 Å². The Hall–Kier alpha value is -2.40. The molecule has 0 aliphatic rings. The molecule has 0 fully saturated rings. The van der Waals surface area contributed by atoms with Crippen molar-refractivity contribution in [1.82, 2.24) is 0 Å². The molecule has 0 radical (unpaired) electrons. The first-order valence-corrected chi connectivity index (χ1v) is 8.24. The van der Waals surface area contributed by atoms with Gasteiger partial charge in [-0.1, -0.05) is 0 Å². The molecule has 0 saturated heterocycles. The molecule has 1 rings (SSSR count). The van der Waals surface area contributed by atoms with Gasteiger partial charge in [-0.3, -0.25) is 4.79 Å². The SMILES string of the molecule is CC(C)OC(=O)c1ccc(NC(=O)CS(=O)(=O)CC#N)cc1. The number of sulfone groups is 1. The summed E-state index contributed by atoms with van der Waals surface area (Å²) in [6.07, 6.45) is -0.239. The van der Waals surface area contributed by atoms with Crippen LogP contribution in [0.5, 0.6) is 0 Å². The number of amides is 1. The minimum atomic E-state index is -3.73. The molecule has 1 N–H and O–H groups in total. The number of nitrogens with one attached hydrogen (secondary N) is 1. The van der Waals surface area contributed by atoms with Gasteiger partial charge < -0.3 is 10.1 Å². The van der Waals surface area contributed by atoms with Crippen LogP contribution < -0.4 is 5.32 Å². The van der Waals surface area contributed by atoms with Gasteiger partial charge in [-0.2, -0.15) is 5.26 Å². The van der Waals surface area contributed by atoms with Crippen molar-refractivity contribution >= 4 is 27.4 Å². The number of hydrogen-bond donors (Lipinski definition) is 1. The number of hydrogen-bond acceptors (Lipinski definition) is 6. The van der Waals surface area contributed by atoms with Crippen molar-refractivity contribution in [2.75, 3.05) is 16.8 Å². The summed E-state index contributed by atoms with van der Waals surface area (Å²) in [5.74, 6) is -2.70. The van der Waals surface area contributed by atoms with Crippen molar-refractivity contribution in [1.29, 1.82) is 5.26 Å². The van der Waals surface area contributed by atoms with E-state index in [-0.39, 0.29) is 6.10 Å². The lowest BCUT2D eigenvalue weighted by Gasteiger charge is -2.09. The molecule has 0 saturated carbocycles. The van der Waals surface area contributed by atoms with E-state index in [4.69, 9.17) is 10.00 Å². The van der Waals surface area contributed by atoms with Crippen LogP contribution in [0, 0.1) is 11.3 Å². The molecule has 0 aliphatic heterocycles.